The fraction of sp³-hybridized carbons (Fsp3) is 0.125. The van der Waals surface area contributed by atoms with Crippen molar-refractivity contribution in [3.8, 4) is 5.75 Å². The summed E-state index contributed by atoms with van der Waals surface area (Å²) < 4.78 is 0.499. The molecule has 0 unspecified atom stereocenters. The van der Waals surface area contributed by atoms with Crippen molar-refractivity contribution < 1.29 is 9.90 Å². The fourth-order valence-corrected chi connectivity index (χ4v) is 3.43. The number of benzene rings is 1. The number of thioether (sulfide) groups is 1. The number of hydrogen-bond acceptors (Lipinski definition) is 5. The quantitative estimate of drug-likeness (QED) is 0.634. The standard InChI is InChI=1S/C16H14N2O3S2/c1-22-10-4-2-9(3-5-10)8-17-15(20)12-13(19)14-11(6-7-23-14)18-16(12)21/h2-7H,8H2,1H3,(H,17,20)(H2,18,19,21). The van der Waals surface area contributed by atoms with Gasteiger partial charge in [-0.05, 0) is 35.4 Å². The van der Waals surface area contributed by atoms with Crippen LogP contribution in [-0.2, 0) is 6.54 Å². The maximum Gasteiger partial charge on any atom is 0.265 e. The summed E-state index contributed by atoms with van der Waals surface area (Å²) in [7, 11) is 0. The van der Waals surface area contributed by atoms with Gasteiger partial charge in [-0.1, -0.05) is 12.1 Å². The first-order valence-corrected chi connectivity index (χ1v) is 8.94. The Balaban J connectivity index is 1.81. The van der Waals surface area contributed by atoms with Crippen LogP contribution in [0.3, 0.4) is 0 Å². The monoisotopic (exact) mass is 346 g/mol. The minimum absolute atomic E-state index is 0.249. The van der Waals surface area contributed by atoms with E-state index in [0.29, 0.717) is 10.2 Å². The topological polar surface area (TPSA) is 82.2 Å². The molecule has 3 rings (SSSR count). The van der Waals surface area contributed by atoms with Crippen molar-refractivity contribution in [1.29, 1.82) is 0 Å². The van der Waals surface area contributed by atoms with Gasteiger partial charge in [-0.15, -0.1) is 23.1 Å². The number of rotatable bonds is 4. The second-order valence-electron chi connectivity index (χ2n) is 4.87. The van der Waals surface area contributed by atoms with Crippen LogP contribution < -0.4 is 10.9 Å². The van der Waals surface area contributed by atoms with Gasteiger partial charge in [0.15, 0.2) is 5.75 Å². The largest absolute Gasteiger partial charge is 0.505 e. The summed E-state index contributed by atoms with van der Waals surface area (Å²) in [6.45, 7) is 0.287. The summed E-state index contributed by atoms with van der Waals surface area (Å²) in [6, 6.07) is 9.45. The van der Waals surface area contributed by atoms with Crippen molar-refractivity contribution in [2.24, 2.45) is 0 Å². The summed E-state index contributed by atoms with van der Waals surface area (Å²) >= 11 is 2.91. The molecular formula is C16H14N2O3S2. The van der Waals surface area contributed by atoms with Crippen LogP contribution in [0.4, 0.5) is 0 Å². The van der Waals surface area contributed by atoms with Gasteiger partial charge in [0.1, 0.15) is 5.56 Å². The highest BCUT2D eigenvalue weighted by atomic mass is 32.2. The van der Waals surface area contributed by atoms with Crippen LogP contribution >= 0.6 is 23.1 Å². The maximum atomic E-state index is 12.3. The number of aromatic nitrogens is 1. The van der Waals surface area contributed by atoms with E-state index in [9.17, 15) is 14.7 Å². The lowest BCUT2D eigenvalue weighted by atomic mass is 10.2. The van der Waals surface area contributed by atoms with E-state index in [-0.39, 0.29) is 17.9 Å². The summed E-state index contributed by atoms with van der Waals surface area (Å²) in [4.78, 5) is 28.0. The molecule has 0 radical (unpaired) electrons. The first kappa shape index (κ1) is 15.6. The van der Waals surface area contributed by atoms with Gasteiger partial charge in [-0.2, -0.15) is 0 Å². The Bertz CT molecular complexity index is 913. The van der Waals surface area contributed by atoms with Crippen LogP contribution in [-0.4, -0.2) is 22.3 Å². The van der Waals surface area contributed by atoms with Crippen LogP contribution in [0.1, 0.15) is 15.9 Å². The van der Waals surface area contributed by atoms with Gasteiger partial charge < -0.3 is 15.4 Å². The molecule has 5 nitrogen and oxygen atoms in total. The lowest BCUT2D eigenvalue weighted by Crippen LogP contribution is -2.29. The lowest BCUT2D eigenvalue weighted by molar-refractivity contribution is 0.0947. The van der Waals surface area contributed by atoms with Crippen LogP contribution in [0.5, 0.6) is 5.75 Å². The number of carbonyl (C=O) groups excluding carboxylic acids is 1. The molecule has 0 saturated heterocycles. The van der Waals surface area contributed by atoms with Crippen molar-refractivity contribution >= 4 is 39.2 Å². The van der Waals surface area contributed by atoms with Crippen molar-refractivity contribution in [2.45, 2.75) is 11.4 Å². The van der Waals surface area contributed by atoms with Gasteiger partial charge in [0.25, 0.3) is 11.5 Å². The van der Waals surface area contributed by atoms with E-state index in [1.807, 2.05) is 30.5 Å². The number of thiophene rings is 1. The van der Waals surface area contributed by atoms with Crippen molar-refractivity contribution in [3.63, 3.8) is 0 Å². The minimum atomic E-state index is -0.594. The van der Waals surface area contributed by atoms with E-state index in [2.05, 4.69) is 10.3 Å². The van der Waals surface area contributed by atoms with E-state index >= 15 is 0 Å². The van der Waals surface area contributed by atoms with E-state index in [1.165, 1.54) is 11.3 Å². The third-order valence-electron chi connectivity index (χ3n) is 3.43. The summed E-state index contributed by atoms with van der Waals surface area (Å²) in [5, 5.41) is 14.6. The lowest BCUT2D eigenvalue weighted by Gasteiger charge is -2.07. The van der Waals surface area contributed by atoms with Gasteiger partial charge in [-0.25, -0.2) is 0 Å². The second kappa shape index (κ2) is 6.47. The highest BCUT2D eigenvalue weighted by Gasteiger charge is 2.19. The highest BCUT2D eigenvalue weighted by Crippen LogP contribution is 2.29. The minimum Gasteiger partial charge on any atom is -0.505 e. The number of carbonyl (C=O) groups is 1. The number of fused-ring (bicyclic) bond motifs is 1. The molecule has 7 heteroatoms. The Labute approximate surface area is 140 Å². The highest BCUT2D eigenvalue weighted by molar-refractivity contribution is 7.98. The zero-order chi connectivity index (χ0) is 16.4. The van der Waals surface area contributed by atoms with Gasteiger partial charge >= 0.3 is 0 Å². The van der Waals surface area contributed by atoms with Crippen molar-refractivity contribution in [3.05, 3.63) is 57.2 Å². The molecule has 1 amide bonds. The van der Waals surface area contributed by atoms with E-state index in [4.69, 9.17) is 0 Å². The molecule has 3 N–H and O–H groups in total. The van der Waals surface area contributed by atoms with Gasteiger partial charge in [-0.3, -0.25) is 9.59 Å². The zero-order valence-electron chi connectivity index (χ0n) is 12.3. The third-order valence-corrected chi connectivity index (χ3v) is 5.10. The van der Waals surface area contributed by atoms with Crippen molar-refractivity contribution in [1.82, 2.24) is 10.3 Å². The molecule has 0 saturated carbocycles. The van der Waals surface area contributed by atoms with Crippen LogP contribution in [0, 0.1) is 0 Å². The normalized spacial score (nSPS) is 10.8. The molecule has 0 aliphatic rings. The zero-order valence-corrected chi connectivity index (χ0v) is 13.9. The second-order valence-corrected chi connectivity index (χ2v) is 6.67. The van der Waals surface area contributed by atoms with Crippen LogP contribution in [0.15, 0.2) is 45.4 Å². The average Bonchev–Trinajstić information content (AvgIpc) is 3.02. The van der Waals surface area contributed by atoms with E-state index in [0.717, 1.165) is 10.5 Å². The molecule has 0 spiro atoms. The van der Waals surface area contributed by atoms with Gasteiger partial charge in [0.05, 0.1) is 10.2 Å². The number of aromatic amines is 1. The molecule has 1 aromatic carbocycles. The molecule has 2 aromatic heterocycles. The Morgan fingerprint density at radius 1 is 1.30 bits per heavy atom. The van der Waals surface area contributed by atoms with Crippen molar-refractivity contribution in [2.75, 3.05) is 6.26 Å². The molecule has 118 valence electrons. The maximum absolute atomic E-state index is 12.3. The Kier molecular flexibility index (Phi) is 4.40. The fourth-order valence-electron chi connectivity index (χ4n) is 2.22. The summed E-state index contributed by atoms with van der Waals surface area (Å²) in [5.74, 6) is -0.859. The Morgan fingerprint density at radius 3 is 2.74 bits per heavy atom. The predicted octanol–water partition coefficient (Wildman–Crippen LogP) is 2.95. The Morgan fingerprint density at radius 2 is 2.04 bits per heavy atom. The molecule has 0 atom stereocenters. The third kappa shape index (κ3) is 3.11. The van der Waals surface area contributed by atoms with E-state index in [1.54, 1.807) is 23.2 Å². The predicted molar refractivity (Wildman–Crippen MR) is 93.5 cm³/mol. The summed E-state index contributed by atoms with van der Waals surface area (Å²) in [6.07, 6.45) is 1.99. The average molecular weight is 346 g/mol. The molecule has 0 aliphatic heterocycles. The van der Waals surface area contributed by atoms with E-state index < -0.39 is 11.5 Å². The first-order chi connectivity index (χ1) is 11.1. The number of hydrogen-bond donors (Lipinski definition) is 3. The summed E-state index contributed by atoms with van der Waals surface area (Å²) in [5.41, 5.74) is 0.607. The molecule has 2 heterocycles. The Hall–Kier alpha value is -2.25. The molecular weight excluding hydrogens is 332 g/mol. The molecule has 0 bridgehead atoms. The number of nitrogens with one attached hydrogen (secondary N) is 2. The first-order valence-electron chi connectivity index (χ1n) is 6.83. The number of amides is 1. The number of pyridine rings is 1. The molecule has 0 aliphatic carbocycles. The number of aromatic hydroxyl groups is 1. The molecule has 23 heavy (non-hydrogen) atoms. The molecule has 0 fully saturated rings. The van der Waals surface area contributed by atoms with Gasteiger partial charge in [0.2, 0.25) is 0 Å². The van der Waals surface area contributed by atoms with Gasteiger partial charge in [0, 0.05) is 11.4 Å². The number of H-pyrrole nitrogens is 1. The van der Waals surface area contributed by atoms with Crippen LogP contribution in [0.25, 0.3) is 10.2 Å². The SMILES string of the molecule is CSc1ccc(CNC(=O)c2c(O)c3sccc3[nH]c2=O)cc1. The molecule has 3 aromatic rings. The smallest absolute Gasteiger partial charge is 0.265 e. The van der Waals surface area contributed by atoms with Crippen LogP contribution in [0.2, 0.25) is 0 Å².